The van der Waals surface area contributed by atoms with Crippen molar-refractivity contribution in [2.75, 3.05) is 13.2 Å². The van der Waals surface area contributed by atoms with E-state index in [-0.39, 0.29) is 18.6 Å². The summed E-state index contributed by atoms with van der Waals surface area (Å²) in [7, 11) is 0. The number of hydrogen-bond acceptors (Lipinski definition) is 13. The maximum atomic E-state index is 13.3. The van der Waals surface area contributed by atoms with E-state index in [2.05, 4.69) is 30.4 Å². The Labute approximate surface area is 267 Å². The van der Waals surface area contributed by atoms with Crippen molar-refractivity contribution in [3.05, 3.63) is 88.0 Å². The first-order valence-electron chi connectivity index (χ1n) is 14.6. The number of carbonyl (C=O) groups excluding carboxylic acids is 2. The van der Waals surface area contributed by atoms with Crippen LogP contribution in [0.15, 0.2) is 66.7 Å². The number of benzene rings is 3. The predicted octanol–water partition coefficient (Wildman–Crippen LogP) is 4.97. The van der Waals surface area contributed by atoms with Crippen molar-refractivity contribution in [1.82, 2.24) is 30.2 Å². The van der Waals surface area contributed by atoms with Gasteiger partial charge in [-0.25, -0.2) is 9.59 Å². The van der Waals surface area contributed by atoms with Gasteiger partial charge in [0.1, 0.15) is 6.10 Å². The second kappa shape index (κ2) is 14.8. The van der Waals surface area contributed by atoms with Gasteiger partial charge in [-0.1, -0.05) is 54.6 Å². The van der Waals surface area contributed by atoms with E-state index in [9.17, 15) is 19.7 Å². The molecule has 0 bridgehead atoms. The lowest BCUT2D eigenvalue weighted by Crippen LogP contribution is -2.24. The van der Waals surface area contributed by atoms with Crippen molar-refractivity contribution >= 4 is 23.2 Å². The number of carbonyl (C=O) groups is 2. The highest BCUT2D eigenvalue weighted by Crippen LogP contribution is 2.31. The second-order valence-electron chi connectivity index (χ2n) is 10.2. The number of hydrogen-bond donors (Lipinski definition) is 1. The minimum absolute atomic E-state index is 0.0642. The Hall–Kier alpha value is -6.06. The molecule has 5 rings (SSSR count). The summed E-state index contributed by atoms with van der Waals surface area (Å²) in [6.45, 7) is 5.12. The fraction of sp³-hybridized carbons (Fsp3) is 0.290. The quantitative estimate of drug-likeness (QED) is 0.0736. The van der Waals surface area contributed by atoms with E-state index in [1.54, 1.807) is 22.8 Å². The van der Waals surface area contributed by atoms with Gasteiger partial charge in [-0.05, 0) is 47.9 Å². The number of imidazole rings is 1. The largest absolute Gasteiger partial charge is 0.511 e. The third-order valence-electron chi connectivity index (χ3n) is 6.89. The number of ether oxygens (including phenoxy) is 4. The average Bonchev–Trinajstić information content (AvgIpc) is 3.70. The number of tetrazole rings is 1. The molecule has 2 aromatic heterocycles. The molecule has 0 amide bonds. The predicted molar refractivity (Wildman–Crippen MR) is 165 cm³/mol. The van der Waals surface area contributed by atoms with Gasteiger partial charge in [0.25, 0.3) is 11.1 Å². The highest BCUT2D eigenvalue weighted by Gasteiger charge is 2.23. The molecule has 0 aliphatic heterocycles. The van der Waals surface area contributed by atoms with Crippen LogP contribution in [0.5, 0.6) is 6.01 Å². The minimum atomic E-state index is -1.30. The van der Waals surface area contributed by atoms with Gasteiger partial charge in [-0.15, -0.1) is 20.3 Å². The molecule has 16 nitrogen and oxygen atoms in total. The first kappa shape index (κ1) is 32.3. The summed E-state index contributed by atoms with van der Waals surface area (Å²) in [6, 6.07) is 21.0. The van der Waals surface area contributed by atoms with Crippen molar-refractivity contribution in [3.8, 4) is 28.5 Å². The molecule has 2 atom stereocenters. The normalized spacial score (nSPS) is 12.2. The van der Waals surface area contributed by atoms with Crippen molar-refractivity contribution < 1.29 is 38.5 Å². The van der Waals surface area contributed by atoms with E-state index in [1.165, 1.54) is 13.8 Å². The Kier molecular flexibility index (Phi) is 10.2. The fourth-order valence-electron chi connectivity index (χ4n) is 4.81. The Morgan fingerprint density at radius 1 is 1.00 bits per heavy atom. The van der Waals surface area contributed by atoms with Crippen molar-refractivity contribution in [1.29, 1.82) is 0 Å². The Balaban J connectivity index is 1.32. The zero-order valence-corrected chi connectivity index (χ0v) is 25.7. The number of H-pyrrole nitrogens is 1. The molecule has 16 heteroatoms. The Morgan fingerprint density at radius 3 is 2.47 bits per heavy atom. The van der Waals surface area contributed by atoms with E-state index in [4.69, 9.17) is 18.9 Å². The zero-order valence-electron chi connectivity index (χ0n) is 25.7. The number of rotatable bonds is 14. The van der Waals surface area contributed by atoms with Crippen molar-refractivity contribution in [3.63, 3.8) is 0 Å². The Morgan fingerprint density at radius 2 is 1.77 bits per heavy atom. The highest BCUT2D eigenvalue weighted by atomic mass is 17.0. The number of aromatic amines is 1. The molecule has 2 heterocycles. The van der Waals surface area contributed by atoms with Gasteiger partial charge in [0.2, 0.25) is 12.1 Å². The van der Waals surface area contributed by atoms with Gasteiger partial charge in [0.05, 0.1) is 36.4 Å². The van der Waals surface area contributed by atoms with Crippen molar-refractivity contribution in [2.24, 2.45) is 0 Å². The third-order valence-corrected chi connectivity index (χ3v) is 6.89. The number of para-hydroxylation sites is 1. The van der Waals surface area contributed by atoms with Gasteiger partial charge in [-0.2, -0.15) is 10.2 Å². The van der Waals surface area contributed by atoms with Crippen LogP contribution < -0.4 is 4.74 Å². The molecule has 47 heavy (non-hydrogen) atoms. The molecular formula is C31H31N7O9. The average molecular weight is 646 g/mol. The molecule has 0 radical (unpaired) electrons. The monoisotopic (exact) mass is 645 g/mol. The van der Waals surface area contributed by atoms with Crippen LogP contribution in [0.3, 0.4) is 0 Å². The topological polar surface area (TPSA) is 196 Å². The first-order chi connectivity index (χ1) is 22.7. The fourth-order valence-corrected chi connectivity index (χ4v) is 4.81. The van der Waals surface area contributed by atoms with Gasteiger partial charge in [-0.3, -0.25) is 4.57 Å². The first-order valence-corrected chi connectivity index (χ1v) is 14.6. The summed E-state index contributed by atoms with van der Waals surface area (Å²) >= 11 is 0. The minimum Gasteiger partial charge on any atom is -0.465 e. The lowest BCUT2D eigenvalue weighted by Gasteiger charge is -2.16. The number of esters is 1. The number of nitrogens with one attached hydrogen (secondary N) is 1. The summed E-state index contributed by atoms with van der Waals surface area (Å²) in [5, 5.41) is 23.8. The van der Waals surface area contributed by atoms with Crippen LogP contribution in [-0.4, -0.2) is 73.0 Å². The zero-order chi connectivity index (χ0) is 33.3. The summed E-state index contributed by atoms with van der Waals surface area (Å²) in [5.41, 5.74) is 4.79. The van der Waals surface area contributed by atoms with Crippen LogP contribution in [0, 0.1) is 10.1 Å². The van der Waals surface area contributed by atoms with Gasteiger partial charge in [0, 0.05) is 18.9 Å². The molecule has 0 saturated heterocycles. The van der Waals surface area contributed by atoms with E-state index >= 15 is 0 Å². The lowest BCUT2D eigenvalue weighted by molar-refractivity contribution is -0.767. The lowest BCUT2D eigenvalue weighted by atomic mass is 9.98. The maximum absolute atomic E-state index is 13.3. The molecule has 3 aromatic carbocycles. The standard InChI is InChI=1S/C31H31N7O9/c1-4-43-30-32-26-11-7-10-25(29(39)45-20(3)46-31(40)44-17-16-19(2)47-38(41)42)27(26)37(30)18-21-12-14-22(15-13-21)23-8-5-6-9-24(23)28-33-35-36-34-28/h5-15,19-20H,4,16-18H2,1-3H3,(H,33,34,35,36)/t19-,20?/m1/s1. The summed E-state index contributed by atoms with van der Waals surface area (Å²) < 4.78 is 22.9. The summed E-state index contributed by atoms with van der Waals surface area (Å²) in [4.78, 5) is 44.7. The third kappa shape index (κ3) is 7.97. The molecule has 0 aliphatic carbocycles. The summed E-state index contributed by atoms with van der Waals surface area (Å²) in [5.74, 6) is -0.275. The molecule has 0 fully saturated rings. The molecule has 0 spiro atoms. The highest BCUT2D eigenvalue weighted by molar-refractivity contribution is 6.02. The second-order valence-corrected chi connectivity index (χ2v) is 10.2. The van der Waals surface area contributed by atoms with Crippen LogP contribution >= 0.6 is 0 Å². The van der Waals surface area contributed by atoms with Gasteiger partial charge < -0.3 is 23.8 Å². The van der Waals surface area contributed by atoms with Crippen LogP contribution in [-0.2, 0) is 25.6 Å². The van der Waals surface area contributed by atoms with Crippen LogP contribution in [0.4, 0.5) is 4.79 Å². The van der Waals surface area contributed by atoms with Crippen LogP contribution in [0.25, 0.3) is 33.5 Å². The van der Waals surface area contributed by atoms with E-state index in [0.29, 0.717) is 36.0 Å². The molecule has 244 valence electrons. The Bertz CT molecular complexity index is 1840. The maximum Gasteiger partial charge on any atom is 0.511 e. The van der Waals surface area contributed by atoms with Crippen molar-refractivity contribution in [2.45, 2.75) is 46.1 Å². The van der Waals surface area contributed by atoms with E-state index < -0.39 is 29.6 Å². The van der Waals surface area contributed by atoms with Gasteiger partial charge in [0.15, 0.2) is 0 Å². The number of aromatic nitrogens is 6. The van der Waals surface area contributed by atoms with Crippen LogP contribution in [0.1, 0.15) is 43.1 Å². The molecule has 5 aromatic rings. The van der Waals surface area contributed by atoms with E-state index in [1.807, 2.05) is 55.5 Å². The number of nitrogens with zero attached hydrogens (tertiary/aromatic N) is 6. The SMILES string of the molecule is CCOc1nc2cccc(C(=O)OC(C)OC(=O)OCC[C@@H](C)O[N+](=O)[O-])c2n1Cc1ccc(-c2ccccc2-c2nn[nH]n2)cc1. The number of fused-ring (bicyclic) bond motifs is 1. The molecule has 1 N–H and O–H groups in total. The smallest absolute Gasteiger partial charge is 0.465 e. The van der Waals surface area contributed by atoms with Gasteiger partial charge >= 0.3 is 12.1 Å². The van der Waals surface area contributed by atoms with E-state index in [0.717, 1.165) is 22.3 Å². The molecular weight excluding hydrogens is 614 g/mol. The van der Waals surface area contributed by atoms with Crippen LogP contribution in [0.2, 0.25) is 0 Å². The molecule has 0 saturated carbocycles. The summed E-state index contributed by atoms with van der Waals surface area (Å²) in [6.07, 6.45) is -3.13. The molecule has 1 unspecified atom stereocenters. The molecule has 0 aliphatic rings.